The van der Waals surface area contributed by atoms with E-state index in [1.54, 1.807) is 31.6 Å². The van der Waals surface area contributed by atoms with E-state index in [2.05, 4.69) is 4.98 Å². The Kier molecular flexibility index (Phi) is 5.29. The highest BCUT2D eigenvalue weighted by Crippen LogP contribution is 2.20. The fourth-order valence-electron chi connectivity index (χ4n) is 1.96. The summed E-state index contributed by atoms with van der Waals surface area (Å²) >= 11 is 0. The molecule has 0 bridgehead atoms. The topological polar surface area (TPSA) is 68.7 Å². The van der Waals surface area contributed by atoms with Crippen molar-refractivity contribution < 1.29 is 19.4 Å². The minimum Gasteiger partial charge on any atom is -0.493 e. The second-order valence-corrected chi connectivity index (χ2v) is 4.48. The largest absolute Gasteiger partial charge is 0.493 e. The molecule has 0 aliphatic carbocycles. The van der Waals surface area contributed by atoms with Crippen LogP contribution in [0.4, 0.5) is 0 Å². The van der Waals surface area contributed by atoms with E-state index in [9.17, 15) is 4.79 Å². The molecule has 0 aliphatic heterocycles. The third-order valence-electron chi connectivity index (χ3n) is 3.09. The molecule has 0 fully saturated rings. The molecule has 1 unspecified atom stereocenters. The summed E-state index contributed by atoms with van der Waals surface area (Å²) in [7, 11) is 1.65. The number of carboxylic acid groups (broad SMARTS) is 1. The van der Waals surface area contributed by atoms with Crippen LogP contribution in [0, 0.1) is 0 Å². The second-order valence-electron chi connectivity index (χ2n) is 4.48. The van der Waals surface area contributed by atoms with Gasteiger partial charge in [0.2, 0.25) is 0 Å². The molecule has 2 aromatic rings. The molecule has 0 radical (unpaired) electrons. The van der Waals surface area contributed by atoms with Crippen LogP contribution in [0.5, 0.6) is 5.75 Å². The summed E-state index contributed by atoms with van der Waals surface area (Å²) in [6.45, 7) is 0.472. The Morgan fingerprint density at radius 3 is 2.62 bits per heavy atom. The van der Waals surface area contributed by atoms with Gasteiger partial charge in [0.05, 0.1) is 18.3 Å². The Bertz CT molecular complexity index is 569. The van der Waals surface area contributed by atoms with Crippen LogP contribution in [-0.2, 0) is 4.74 Å². The monoisotopic (exact) mass is 287 g/mol. The van der Waals surface area contributed by atoms with Crippen LogP contribution >= 0.6 is 0 Å². The number of methoxy groups -OCH3 is 1. The third kappa shape index (κ3) is 4.29. The van der Waals surface area contributed by atoms with E-state index in [0.717, 1.165) is 5.56 Å². The molecule has 2 rings (SSSR count). The normalized spacial score (nSPS) is 11.9. The average Bonchev–Trinajstić information content (AvgIpc) is 2.53. The van der Waals surface area contributed by atoms with Gasteiger partial charge in [-0.25, -0.2) is 4.79 Å². The lowest BCUT2D eigenvalue weighted by Gasteiger charge is -2.15. The van der Waals surface area contributed by atoms with Gasteiger partial charge in [0.1, 0.15) is 5.75 Å². The molecule has 0 aliphatic rings. The fraction of sp³-hybridized carbons (Fsp3) is 0.250. The number of hydrogen-bond acceptors (Lipinski definition) is 4. The zero-order chi connectivity index (χ0) is 15.1. The minimum absolute atomic E-state index is 0.0722. The van der Waals surface area contributed by atoms with Crippen LogP contribution in [0.3, 0.4) is 0 Å². The molecule has 0 saturated heterocycles. The first-order valence-electron chi connectivity index (χ1n) is 6.59. The molecule has 0 spiro atoms. The third-order valence-corrected chi connectivity index (χ3v) is 3.09. The van der Waals surface area contributed by atoms with Gasteiger partial charge in [-0.2, -0.15) is 0 Å². The van der Waals surface area contributed by atoms with E-state index in [0.29, 0.717) is 18.8 Å². The maximum absolute atomic E-state index is 10.7. The summed E-state index contributed by atoms with van der Waals surface area (Å²) in [5.41, 5.74) is 1.25. The highest BCUT2D eigenvalue weighted by atomic mass is 16.5. The van der Waals surface area contributed by atoms with E-state index in [1.807, 2.05) is 12.1 Å². The number of rotatable bonds is 7. The van der Waals surface area contributed by atoms with Gasteiger partial charge >= 0.3 is 5.97 Å². The molecule has 1 heterocycles. The van der Waals surface area contributed by atoms with Crippen molar-refractivity contribution in [1.82, 2.24) is 4.98 Å². The summed E-state index contributed by atoms with van der Waals surface area (Å²) in [5, 5.41) is 8.82. The van der Waals surface area contributed by atoms with E-state index >= 15 is 0 Å². The number of carbonyl (C=O) groups is 1. The zero-order valence-electron chi connectivity index (χ0n) is 11.7. The molecule has 21 heavy (non-hydrogen) atoms. The highest BCUT2D eigenvalue weighted by Gasteiger charge is 2.10. The number of carboxylic acids is 1. The molecular formula is C16H17NO4. The van der Waals surface area contributed by atoms with Crippen LogP contribution in [0.15, 0.2) is 48.8 Å². The second kappa shape index (κ2) is 7.40. The number of pyridine rings is 1. The molecule has 5 nitrogen and oxygen atoms in total. The standard InChI is InChI=1S/C16H17NO4/c1-20-15(13-3-2-9-17-11-13)8-10-21-14-6-4-12(5-7-14)16(18)19/h2-7,9,11,15H,8,10H2,1H3,(H,18,19). The molecule has 110 valence electrons. The maximum atomic E-state index is 10.7. The SMILES string of the molecule is COC(CCOc1ccc(C(=O)O)cc1)c1cccnc1. The van der Waals surface area contributed by atoms with E-state index in [-0.39, 0.29) is 11.7 Å². The molecule has 1 aromatic carbocycles. The molecule has 0 saturated carbocycles. The predicted octanol–water partition coefficient (Wildman–Crippen LogP) is 2.94. The Hall–Kier alpha value is -2.40. The number of benzene rings is 1. The summed E-state index contributed by atoms with van der Waals surface area (Å²) in [5.74, 6) is -0.307. The Balaban J connectivity index is 1.87. The van der Waals surface area contributed by atoms with Crippen LogP contribution < -0.4 is 4.74 Å². The highest BCUT2D eigenvalue weighted by molar-refractivity contribution is 5.87. The summed E-state index contributed by atoms with van der Waals surface area (Å²) < 4.78 is 11.0. The Morgan fingerprint density at radius 2 is 2.05 bits per heavy atom. The first-order chi connectivity index (χ1) is 10.2. The number of aromatic nitrogens is 1. The Morgan fingerprint density at radius 1 is 1.29 bits per heavy atom. The fourth-order valence-corrected chi connectivity index (χ4v) is 1.96. The first kappa shape index (κ1) is 15.0. The quantitative estimate of drug-likeness (QED) is 0.848. The van der Waals surface area contributed by atoms with Crippen LogP contribution in [0.25, 0.3) is 0 Å². The van der Waals surface area contributed by atoms with Crippen molar-refractivity contribution in [3.05, 3.63) is 59.9 Å². The van der Waals surface area contributed by atoms with Gasteiger partial charge in [0.25, 0.3) is 0 Å². The lowest BCUT2D eigenvalue weighted by Crippen LogP contribution is -2.08. The lowest BCUT2D eigenvalue weighted by atomic mass is 10.1. The molecule has 1 N–H and O–H groups in total. The Labute approximate surface area is 123 Å². The molecular weight excluding hydrogens is 270 g/mol. The summed E-state index contributed by atoms with van der Waals surface area (Å²) in [6, 6.07) is 10.2. The van der Waals surface area contributed by atoms with Gasteiger partial charge in [-0.15, -0.1) is 0 Å². The van der Waals surface area contributed by atoms with Crippen molar-refractivity contribution in [3.8, 4) is 5.75 Å². The van der Waals surface area contributed by atoms with Gasteiger partial charge in [0, 0.05) is 25.9 Å². The van der Waals surface area contributed by atoms with Crippen molar-refractivity contribution in [2.45, 2.75) is 12.5 Å². The minimum atomic E-state index is -0.947. The van der Waals surface area contributed by atoms with Crippen molar-refractivity contribution >= 4 is 5.97 Å². The lowest BCUT2D eigenvalue weighted by molar-refractivity contribution is 0.0697. The van der Waals surface area contributed by atoms with E-state index in [4.69, 9.17) is 14.6 Å². The first-order valence-corrected chi connectivity index (χ1v) is 6.59. The van der Waals surface area contributed by atoms with Gasteiger partial charge in [-0.05, 0) is 35.9 Å². The van der Waals surface area contributed by atoms with Gasteiger partial charge in [-0.1, -0.05) is 6.07 Å². The summed E-state index contributed by atoms with van der Waals surface area (Å²) in [6.07, 6.45) is 4.10. The molecule has 1 atom stereocenters. The number of ether oxygens (including phenoxy) is 2. The number of hydrogen-bond donors (Lipinski definition) is 1. The molecule has 1 aromatic heterocycles. The predicted molar refractivity (Wildman–Crippen MR) is 77.5 cm³/mol. The summed E-state index contributed by atoms with van der Waals surface area (Å²) in [4.78, 5) is 14.8. The van der Waals surface area contributed by atoms with Crippen LogP contribution in [-0.4, -0.2) is 29.8 Å². The van der Waals surface area contributed by atoms with E-state index in [1.165, 1.54) is 12.1 Å². The van der Waals surface area contributed by atoms with Crippen LogP contribution in [0.1, 0.15) is 28.4 Å². The van der Waals surface area contributed by atoms with Crippen LogP contribution in [0.2, 0.25) is 0 Å². The average molecular weight is 287 g/mol. The van der Waals surface area contributed by atoms with Crippen molar-refractivity contribution in [2.24, 2.45) is 0 Å². The number of nitrogens with zero attached hydrogens (tertiary/aromatic N) is 1. The molecule has 0 amide bonds. The maximum Gasteiger partial charge on any atom is 0.335 e. The zero-order valence-corrected chi connectivity index (χ0v) is 11.7. The van der Waals surface area contributed by atoms with Gasteiger partial charge in [-0.3, -0.25) is 4.98 Å². The van der Waals surface area contributed by atoms with Crippen molar-refractivity contribution in [3.63, 3.8) is 0 Å². The number of aromatic carboxylic acids is 1. The van der Waals surface area contributed by atoms with Crippen molar-refractivity contribution in [1.29, 1.82) is 0 Å². The molecule has 5 heteroatoms. The van der Waals surface area contributed by atoms with Gasteiger partial charge < -0.3 is 14.6 Å². The van der Waals surface area contributed by atoms with Crippen molar-refractivity contribution in [2.75, 3.05) is 13.7 Å². The van der Waals surface area contributed by atoms with Gasteiger partial charge in [0.15, 0.2) is 0 Å². The smallest absolute Gasteiger partial charge is 0.335 e. The van der Waals surface area contributed by atoms with E-state index < -0.39 is 5.97 Å².